The molecule has 1 N–H and O–H groups in total. The molecule has 0 aromatic rings. The minimum atomic E-state index is 0.224. The van der Waals surface area contributed by atoms with Crippen LogP contribution in [-0.4, -0.2) is 47.1 Å². The fourth-order valence-corrected chi connectivity index (χ4v) is 3.69. The molecular weight excluding hydrogens is 240 g/mol. The largest absolute Gasteiger partial charge is 0.311 e. The summed E-state index contributed by atoms with van der Waals surface area (Å²) in [4.78, 5) is 2.72. The molecule has 0 aromatic heterocycles. The van der Waals surface area contributed by atoms with Crippen molar-refractivity contribution in [2.45, 2.75) is 64.8 Å². The Kier molecular flexibility index (Phi) is 6.49. The molecule has 18 heavy (non-hydrogen) atoms. The van der Waals surface area contributed by atoms with Crippen LogP contribution >= 0.6 is 11.8 Å². The standard InChI is InChI=1S/C15H32N2S/c1-7-13-11-17(8-9-18-13)14(12(2)3)10-16-15(4,5)6/h12-14,16H,7-11H2,1-6H3. The number of rotatable bonds is 5. The van der Waals surface area contributed by atoms with Crippen LogP contribution in [0, 0.1) is 5.92 Å². The first-order valence-electron chi connectivity index (χ1n) is 7.44. The van der Waals surface area contributed by atoms with E-state index in [1.165, 1.54) is 25.3 Å². The third-order valence-corrected chi connectivity index (χ3v) is 5.08. The molecule has 1 heterocycles. The Balaban J connectivity index is 2.55. The van der Waals surface area contributed by atoms with Gasteiger partial charge in [0.1, 0.15) is 0 Å². The molecule has 0 saturated carbocycles. The first kappa shape index (κ1) is 16.3. The Labute approximate surface area is 118 Å². The van der Waals surface area contributed by atoms with Gasteiger partial charge in [0.05, 0.1) is 0 Å². The topological polar surface area (TPSA) is 15.3 Å². The van der Waals surface area contributed by atoms with Crippen LogP contribution in [0.2, 0.25) is 0 Å². The predicted molar refractivity (Wildman–Crippen MR) is 84.5 cm³/mol. The number of hydrogen-bond acceptors (Lipinski definition) is 3. The van der Waals surface area contributed by atoms with E-state index in [0.29, 0.717) is 6.04 Å². The van der Waals surface area contributed by atoms with Gasteiger partial charge < -0.3 is 5.32 Å². The van der Waals surface area contributed by atoms with Crippen LogP contribution in [0.4, 0.5) is 0 Å². The molecule has 0 radical (unpaired) electrons. The van der Waals surface area contributed by atoms with Gasteiger partial charge in [0.15, 0.2) is 0 Å². The first-order chi connectivity index (χ1) is 8.33. The Hall–Kier alpha value is 0.270. The zero-order valence-electron chi connectivity index (χ0n) is 13.1. The minimum absolute atomic E-state index is 0.224. The Bertz CT molecular complexity index is 235. The molecule has 0 aliphatic carbocycles. The molecule has 108 valence electrons. The number of hydrogen-bond donors (Lipinski definition) is 1. The maximum atomic E-state index is 3.68. The van der Waals surface area contributed by atoms with E-state index in [1.807, 2.05) is 0 Å². The van der Waals surface area contributed by atoms with Crippen LogP contribution in [0.1, 0.15) is 48.0 Å². The highest BCUT2D eigenvalue weighted by Crippen LogP contribution is 2.24. The van der Waals surface area contributed by atoms with Crippen LogP contribution in [0.25, 0.3) is 0 Å². The second kappa shape index (κ2) is 7.16. The van der Waals surface area contributed by atoms with Gasteiger partial charge in [-0.3, -0.25) is 4.90 Å². The lowest BCUT2D eigenvalue weighted by Gasteiger charge is -2.41. The summed E-state index contributed by atoms with van der Waals surface area (Å²) in [6.45, 7) is 17.4. The average Bonchev–Trinajstić information content (AvgIpc) is 2.27. The van der Waals surface area contributed by atoms with Gasteiger partial charge in [-0.2, -0.15) is 11.8 Å². The summed E-state index contributed by atoms with van der Waals surface area (Å²) in [7, 11) is 0. The molecule has 2 nitrogen and oxygen atoms in total. The lowest BCUT2D eigenvalue weighted by Crippen LogP contribution is -2.53. The SMILES string of the molecule is CCC1CN(C(CNC(C)(C)C)C(C)C)CCS1. The molecule has 0 bridgehead atoms. The lowest BCUT2D eigenvalue weighted by molar-refractivity contribution is 0.147. The number of nitrogens with one attached hydrogen (secondary N) is 1. The third kappa shape index (κ3) is 5.50. The van der Waals surface area contributed by atoms with E-state index in [0.717, 1.165) is 17.7 Å². The Morgan fingerprint density at radius 2 is 2.00 bits per heavy atom. The quantitative estimate of drug-likeness (QED) is 0.827. The van der Waals surface area contributed by atoms with Crippen molar-refractivity contribution in [2.75, 3.05) is 25.4 Å². The smallest absolute Gasteiger partial charge is 0.0244 e. The summed E-state index contributed by atoms with van der Waals surface area (Å²) in [5, 5.41) is 4.53. The van der Waals surface area contributed by atoms with Crippen LogP contribution in [0.5, 0.6) is 0 Å². The fraction of sp³-hybridized carbons (Fsp3) is 1.00. The highest BCUT2D eigenvalue weighted by molar-refractivity contribution is 8.00. The molecule has 0 spiro atoms. The van der Waals surface area contributed by atoms with E-state index in [4.69, 9.17) is 0 Å². The maximum Gasteiger partial charge on any atom is 0.0244 e. The summed E-state index contributed by atoms with van der Waals surface area (Å²) < 4.78 is 0. The maximum absolute atomic E-state index is 3.68. The summed E-state index contributed by atoms with van der Waals surface area (Å²) >= 11 is 2.16. The van der Waals surface area contributed by atoms with Crippen molar-refractivity contribution in [3.05, 3.63) is 0 Å². The van der Waals surface area contributed by atoms with Gasteiger partial charge in [0.2, 0.25) is 0 Å². The first-order valence-corrected chi connectivity index (χ1v) is 8.49. The van der Waals surface area contributed by atoms with E-state index < -0.39 is 0 Å². The third-order valence-electron chi connectivity index (χ3n) is 3.71. The summed E-state index contributed by atoms with van der Waals surface area (Å²) in [6.07, 6.45) is 1.30. The summed E-state index contributed by atoms with van der Waals surface area (Å²) in [5.41, 5.74) is 0.224. The van der Waals surface area contributed by atoms with Crippen molar-refractivity contribution < 1.29 is 0 Å². The molecule has 0 amide bonds. The van der Waals surface area contributed by atoms with E-state index in [-0.39, 0.29) is 5.54 Å². The van der Waals surface area contributed by atoms with Gasteiger partial charge in [-0.1, -0.05) is 20.8 Å². The number of nitrogens with zero attached hydrogens (tertiary/aromatic N) is 1. The predicted octanol–water partition coefficient (Wildman–Crippen LogP) is 3.23. The molecular formula is C15H32N2S. The summed E-state index contributed by atoms with van der Waals surface area (Å²) in [5.74, 6) is 2.03. The van der Waals surface area contributed by atoms with E-state index in [2.05, 4.69) is 63.5 Å². The average molecular weight is 273 g/mol. The monoisotopic (exact) mass is 272 g/mol. The lowest BCUT2D eigenvalue weighted by atomic mass is 10.00. The van der Waals surface area contributed by atoms with Gasteiger partial charge in [0, 0.05) is 42.2 Å². The normalized spacial score (nSPS) is 24.5. The Morgan fingerprint density at radius 3 is 2.50 bits per heavy atom. The zero-order chi connectivity index (χ0) is 13.8. The van der Waals surface area contributed by atoms with E-state index >= 15 is 0 Å². The van der Waals surface area contributed by atoms with Gasteiger partial charge >= 0.3 is 0 Å². The molecule has 1 aliphatic rings. The van der Waals surface area contributed by atoms with Gasteiger partial charge in [0.25, 0.3) is 0 Å². The fourth-order valence-electron chi connectivity index (χ4n) is 2.49. The molecule has 1 fully saturated rings. The van der Waals surface area contributed by atoms with Crippen molar-refractivity contribution >= 4 is 11.8 Å². The molecule has 3 heteroatoms. The second-order valence-electron chi connectivity index (χ2n) is 6.84. The highest BCUT2D eigenvalue weighted by atomic mass is 32.2. The number of thioether (sulfide) groups is 1. The van der Waals surface area contributed by atoms with Crippen LogP contribution in [-0.2, 0) is 0 Å². The second-order valence-corrected chi connectivity index (χ2v) is 8.25. The summed E-state index contributed by atoms with van der Waals surface area (Å²) in [6, 6.07) is 0.680. The van der Waals surface area contributed by atoms with Gasteiger partial charge in [-0.25, -0.2) is 0 Å². The zero-order valence-corrected chi connectivity index (χ0v) is 13.9. The molecule has 1 saturated heterocycles. The minimum Gasteiger partial charge on any atom is -0.311 e. The molecule has 1 aliphatic heterocycles. The van der Waals surface area contributed by atoms with E-state index in [1.54, 1.807) is 0 Å². The van der Waals surface area contributed by atoms with Crippen LogP contribution in [0.3, 0.4) is 0 Å². The molecule has 1 rings (SSSR count). The van der Waals surface area contributed by atoms with Crippen molar-refractivity contribution in [2.24, 2.45) is 5.92 Å². The van der Waals surface area contributed by atoms with Gasteiger partial charge in [-0.05, 0) is 33.1 Å². The van der Waals surface area contributed by atoms with E-state index in [9.17, 15) is 0 Å². The van der Waals surface area contributed by atoms with Crippen molar-refractivity contribution in [1.29, 1.82) is 0 Å². The van der Waals surface area contributed by atoms with Crippen molar-refractivity contribution in [1.82, 2.24) is 10.2 Å². The van der Waals surface area contributed by atoms with Crippen LogP contribution < -0.4 is 5.32 Å². The van der Waals surface area contributed by atoms with Crippen molar-refractivity contribution in [3.8, 4) is 0 Å². The van der Waals surface area contributed by atoms with Crippen LogP contribution in [0.15, 0.2) is 0 Å². The Morgan fingerprint density at radius 1 is 1.33 bits per heavy atom. The highest BCUT2D eigenvalue weighted by Gasteiger charge is 2.28. The van der Waals surface area contributed by atoms with Gasteiger partial charge in [-0.15, -0.1) is 0 Å². The molecule has 2 atom stereocenters. The molecule has 0 aromatic carbocycles. The molecule has 2 unspecified atom stereocenters. The van der Waals surface area contributed by atoms with Crippen molar-refractivity contribution in [3.63, 3.8) is 0 Å².